The molecule has 0 amide bonds. The molecular weight excluding hydrogens is 138 g/mol. The zero-order valence-electron chi connectivity index (χ0n) is 4.18. The molecule has 46 valence electrons. The standard InChI is InChI=1S/C3H9O3P.Na.H/c1-2-3-6-7(4)5;;/h7H,2-3H2,1H3,(H,4,5);;. The third-order valence-electron chi connectivity index (χ3n) is 0.430. The van der Waals surface area contributed by atoms with Gasteiger partial charge in [-0.25, -0.2) is 0 Å². The normalized spacial score (nSPS) is 12.2. The number of rotatable bonds is 3. The molecule has 0 saturated carbocycles. The quantitative estimate of drug-likeness (QED) is 0.457. The van der Waals surface area contributed by atoms with Gasteiger partial charge in [-0.05, 0) is 6.42 Å². The zero-order valence-corrected chi connectivity index (χ0v) is 5.18. The van der Waals surface area contributed by atoms with Gasteiger partial charge < -0.3 is 9.42 Å². The molecule has 0 saturated heterocycles. The van der Waals surface area contributed by atoms with Crippen molar-refractivity contribution in [2.45, 2.75) is 13.3 Å². The third-order valence-corrected chi connectivity index (χ3v) is 0.881. The monoisotopic (exact) mass is 148 g/mol. The molecule has 0 aliphatic rings. The molecule has 0 radical (unpaired) electrons. The molecule has 0 rings (SSSR count). The van der Waals surface area contributed by atoms with E-state index in [2.05, 4.69) is 4.52 Å². The van der Waals surface area contributed by atoms with E-state index in [4.69, 9.17) is 4.89 Å². The summed E-state index contributed by atoms with van der Waals surface area (Å²) in [6.45, 7) is 2.26. The van der Waals surface area contributed by atoms with E-state index in [9.17, 15) is 4.57 Å². The van der Waals surface area contributed by atoms with Crippen molar-refractivity contribution in [1.82, 2.24) is 0 Å². The van der Waals surface area contributed by atoms with Gasteiger partial charge >= 0.3 is 37.8 Å². The van der Waals surface area contributed by atoms with Crippen LogP contribution in [-0.2, 0) is 9.09 Å². The van der Waals surface area contributed by atoms with Crippen molar-refractivity contribution in [2.75, 3.05) is 6.61 Å². The molecule has 0 aromatic rings. The van der Waals surface area contributed by atoms with Gasteiger partial charge in [0.25, 0.3) is 0 Å². The van der Waals surface area contributed by atoms with Gasteiger partial charge in [-0.3, -0.25) is 4.57 Å². The summed E-state index contributed by atoms with van der Waals surface area (Å²) in [5.74, 6) is 0. The molecule has 0 fully saturated rings. The summed E-state index contributed by atoms with van der Waals surface area (Å²) >= 11 is 0. The number of hydrogen-bond acceptors (Lipinski definition) is 2. The molecule has 0 aromatic carbocycles. The average molecular weight is 148 g/mol. The van der Waals surface area contributed by atoms with Crippen LogP contribution in [0.5, 0.6) is 0 Å². The van der Waals surface area contributed by atoms with Crippen molar-refractivity contribution in [2.24, 2.45) is 0 Å². The summed E-state index contributed by atoms with van der Waals surface area (Å²) < 4.78 is 14.0. The minimum absolute atomic E-state index is 0. The molecule has 0 aromatic heterocycles. The van der Waals surface area contributed by atoms with Crippen LogP contribution in [0.3, 0.4) is 0 Å². The fourth-order valence-corrected chi connectivity index (χ4v) is 0.568. The van der Waals surface area contributed by atoms with Gasteiger partial charge in [0.05, 0.1) is 6.61 Å². The summed E-state index contributed by atoms with van der Waals surface area (Å²) in [6.07, 6.45) is 0.789. The molecule has 5 heteroatoms. The first-order chi connectivity index (χ1) is 3.27. The second-order valence-corrected chi connectivity index (χ2v) is 1.93. The van der Waals surface area contributed by atoms with Gasteiger partial charge in [0, 0.05) is 0 Å². The second-order valence-electron chi connectivity index (χ2n) is 1.11. The number of hydrogen-bond donors (Lipinski definition) is 1. The summed E-state index contributed by atoms with van der Waals surface area (Å²) in [6, 6.07) is 0. The van der Waals surface area contributed by atoms with Crippen molar-refractivity contribution in [1.29, 1.82) is 0 Å². The summed E-state index contributed by atoms with van der Waals surface area (Å²) in [7, 11) is -2.65. The molecule has 0 bridgehead atoms. The van der Waals surface area contributed by atoms with Crippen LogP contribution in [0.25, 0.3) is 0 Å². The maximum absolute atomic E-state index is 9.72. The Morgan fingerprint density at radius 1 is 1.75 bits per heavy atom. The molecule has 0 spiro atoms. The molecular formula is C3H10NaO3P. The first kappa shape index (κ1) is 11.9. The minimum atomic E-state index is -2.65. The predicted molar refractivity (Wildman–Crippen MR) is 34.6 cm³/mol. The van der Waals surface area contributed by atoms with Gasteiger partial charge in [-0.2, -0.15) is 0 Å². The molecule has 0 aliphatic carbocycles. The predicted octanol–water partition coefficient (Wildman–Crippen LogP) is 0.146. The molecule has 1 atom stereocenters. The van der Waals surface area contributed by atoms with Crippen molar-refractivity contribution < 1.29 is 14.0 Å². The van der Waals surface area contributed by atoms with Crippen molar-refractivity contribution in [3.05, 3.63) is 0 Å². The zero-order chi connectivity index (χ0) is 5.70. The van der Waals surface area contributed by atoms with Gasteiger partial charge in [-0.15, -0.1) is 0 Å². The van der Waals surface area contributed by atoms with E-state index in [1.165, 1.54) is 0 Å². The summed E-state index contributed by atoms with van der Waals surface area (Å²) in [5.41, 5.74) is 0. The van der Waals surface area contributed by atoms with Crippen LogP contribution < -0.4 is 0 Å². The van der Waals surface area contributed by atoms with Crippen molar-refractivity contribution >= 4 is 37.8 Å². The molecule has 1 N–H and O–H groups in total. The molecule has 0 aliphatic heterocycles. The van der Waals surface area contributed by atoms with Crippen LogP contribution in [0.4, 0.5) is 0 Å². The van der Waals surface area contributed by atoms with Crippen LogP contribution in [0.1, 0.15) is 13.3 Å². The Labute approximate surface area is 71.7 Å². The van der Waals surface area contributed by atoms with Gasteiger partial charge in [0.15, 0.2) is 0 Å². The van der Waals surface area contributed by atoms with Crippen LogP contribution in [-0.4, -0.2) is 41.1 Å². The molecule has 1 unspecified atom stereocenters. The fraction of sp³-hybridized carbons (Fsp3) is 1.00. The van der Waals surface area contributed by atoms with Crippen molar-refractivity contribution in [3.8, 4) is 0 Å². The Balaban J connectivity index is 0. The van der Waals surface area contributed by atoms with E-state index in [-0.39, 0.29) is 29.6 Å². The Morgan fingerprint density at radius 2 is 2.25 bits per heavy atom. The molecule has 8 heavy (non-hydrogen) atoms. The average Bonchev–Trinajstić information content (AvgIpc) is 1.61. The van der Waals surface area contributed by atoms with E-state index < -0.39 is 8.25 Å². The van der Waals surface area contributed by atoms with E-state index in [0.717, 1.165) is 6.42 Å². The summed E-state index contributed by atoms with van der Waals surface area (Å²) in [4.78, 5) is 8.01. The van der Waals surface area contributed by atoms with Crippen LogP contribution in [0, 0.1) is 0 Å². The first-order valence-corrected chi connectivity index (χ1v) is 3.39. The van der Waals surface area contributed by atoms with Gasteiger partial charge in [0.1, 0.15) is 0 Å². The van der Waals surface area contributed by atoms with Crippen LogP contribution in [0.2, 0.25) is 0 Å². The van der Waals surface area contributed by atoms with E-state index in [0.29, 0.717) is 6.61 Å². The first-order valence-electron chi connectivity index (χ1n) is 2.13. The van der Waals surface area contributed by atoms with Crippen LogP contribution in [0.15, 0.2) is 0 Å². The van der Waals surface area contributed by atoms with Crippen LogP contribution >= 0.6 is 8.25 Å². The van der Waals surface area contributed by atoms with E-state index >= 15 is 0 Å². The van der Waals surface area contributed by atoms with Crippen molar-refractivity contribution in [3.63, 3.8) is 0 Å². The SMILES string of the molecule is CCCO[PH](=O)O.[NaH]. The third kappa shape index (κ3) is 10.2. The topological polar surface area (TPSA) is 46.5 Å². The second kappa shape index (κ2) is 8.15. The van der Waals surface area contributed by atoms with Gasteiger partial charge in [-0.1, -0.05) is 6.92 Å². The fourth-order valence-electron chi connectivity index (χ4n) is 0.189. The Hall–Kier alpha value is 1.15. The molecule has 3 nitrogen and oxygen atoms in total. The summed E-state index contributed by atoms with van der Waals surface area (Å²) in [5, 5.41) is 0. The Kier molecular flexibility index (Phi) is 12.1. The van der Waals surface area contributed by atoms with E-state index in [1.807, 2.05) is 6.92 Å². The van der Waals surface area contributed by atoms with E-state index in [1.54, 1.807) is 0 Å². The molecule has 0 heterocycles. The van der Waals surface area contributed by atoms with Gasteiger partial charge in [0.2, 0.25) is 0 Å². The maximum atomic E-state index is 9.72. The Morgan fingerprint density at radius 3 is 2.38 bits per heavy atom. The Bertz CT molecular complexity index is 67.5.